The Bertz CT molecular complexity index is 1450. The third kappa shape index (κ3) is 11.3. The molecule has 2 amide bonds. The minimum absolute atomic E-state index is 0.0461. The van der Waals surface area contributed by atoms with Gasteiger partial charge in [-0.15, -0.1) is 4.57 Å². The molecule has 13 nitrogen and oxygen atoms in total. The van der Waals surface area contributed by atoms with Crippen molar-refractivity contribution in [3.05, 3.63) is 78.4 Å². The number of nitrogens with one attached hydrogen (secondary N) is 2. The van der Waals surface area contributed by atoms with Crippen molar-refractivity contribution in [2.24, 2.45) is 12.0 Å². The van der Waals surface area contributed by atoms with E-state index in [1.165, 1.54) is 28.8 Å². The van der Waals surface area contributed by atoms with E-state index in [9.17, 15) is 19.2 Å². The Morgan fingerprint density at radius 2 is 1.40 bits per heavy atom. The van der Waals surface area contributed by atoms with Crippen molar-refractivity contribution < 1.29 is 42.7 Å². The molecular weight excluding hydrogens is 558 g/mol. The fraction of sp³-hybridized carbons (Fsp3) is 0.333. The maximum atomic E-state index is 12.7. The molecule has 1 heterocycles. The number of benzene rings is 2. The smallest absolute Gasteiger partial charge is 0.444 e. The van der Waals surface area contributed by atoms with Gasteiger partial charge >= 0.3 is 24.2 Å². The van der Waals surface area contributed by atoms with E-state index < -0.39 is 35.5 Å². The van der Waals surface area contributed by atoms with E-state index in [4.69, 9.17) is 18.9 Å². The molecule has 0 aliphatic heterocycles. The maximum Gasteiger partial charge on any atom is 0.511 e. The van der Waals surface area contributed by atoms with E-state index in [0.717, 1.165) is 0 Å². The molecule has 2 N–H and O–H groups in total. The van der Waals surface area contributed by atoms with Gasteiger partial charge in [-0.05, 0) is 83.5 Å². The Labute approximate surface area is 249 Å². The molecule has 228 valence electrons. The number of rotatable bonds is 5. The van der Waals surface area contributed by atoms with Crippen LogP contribution in [0.15, 0.2) is 72.2 Å². The van der Waals surface area contributed by atoms with Crippen LogP contribution in [0.4, 0.5) is 20.1 Å². The fourth-order valence-corrected chi connectivity index (χ4v) is 3.29. The van der Waals surface area contributed by atoms with E-state index in [-0.39, 0.29) is 18.1 Å². The zero-order valence-corrected chi connectivity index (χ0v) is 25.2. The lowest BCUT2D eigenvalue weighted by Gasteiger charge is -2.22. The second kappa shape index (κ2) is 13.6. The fourth-order valence-electron chi connectivity index (χ4n) is 3.29. The molecule has 3 rings (SSSR count). The largest absolute Gasteiger partial charge is 0.511 e. The summed E-state index contributed by atoms with van der Waals surface area (Å²) in [5.41, 5.74) is -0.303. The average Bonchev–Trinajstić information content (AvgIpc) is 3.32. The predicted octanol–water partition coefficient (Wildman–Crippen LogP) is 4.75. The van der Waals surface area contributed by atoms with Crippen molar-refractivity contribution in [1.82, 2.24) is 15.2 Å². The third-order valence-corrected chi connectivity index (χ3v) is 5.06. The van der Waals surface area contributed by atoms with Gasteiger partial charge in [0.25, 0.3) is 6.33 Å². The highest BCUT2D eigenvalue weighted by molar-refractivity contribution is 6.02. The Morgan fingerprint density at radius 3 is 1.88 bits per heavy atom. The molecule has 0 spiro atoms. The summed E-state index contributed by atoms with van der Waals surface area (Å²) in [6.07, 6.45) is 2.71. The Morgan fingerprint density at radius 1 is 0.837 bits per heavy atom. The van der Waals surface area contributed by atoms with Crippen LogP contribution in [-0.4, -0.2) is 46.0 Å². The van der Waals surface area contributed by atoms with Gasteiger partial charge in [-0.2, -0.15) is 4.79 Å². The topological polar surface area (TPSA) is 150 Å². The molecule has 0 bridgehead atoms. The van der Waals surface area contributed by atoms with E-state index in [1.807, 2.05) is 0 Å². The van der Waals surface area contributed by atoms with Crippen molar-refractivity contribution in [3.8, 4) is 5.75 Å². The summed E-state index contributed by atoms with van der Waals surface area (Å²) in [6, 6.07) is 12.5. The van der Waals surface area contributed by atoms with Crippen LogP contribution in [0.3, 0.4) is 0 Å². The van der Waals surface area contributed by atoms with Gasteiger partial charge in [-0.25, -0.2) is 23.9 Å². The number of alkyl carbamates (subject to hydrolysis) is 2. The minimum atomic E-state index is -0.832. The number of imidazole rings is 1. The normalized spacial score (nSPS) is 11.1. The van der Waals surface area contributed by atoms with Crippen LogP contribution in [0.5, 0.6) is 5.75 Å². The molecule has 2 aromatic carbocycles. The summed E-state index contributed by atoms with van der Waals surface area (Å²) in [5.74, 6) is -0.550. The maximum absolute atomic E-state index is 12.7. The van der Waals surface area contributed by atoms with Crippen LogP contribution >= 0.6 is 0 Å². The molecule has 0 saturated carbocycles. The third-order valence-electron chi connectivity index (χ3n) is 5.06. The lowest BCUT2D eigenvalue weighted by molar-refractivity contribution is -0.670. The molecule has 0 atom stereocenters. The second-order valence-electron chi connectivity index (χ2n) is 11.3. The quantitative estimate of drug-likeness (QED) is 0.107. The summed E-state index contributed by atoms with van der Waals surface area (Å²) >= 11 is 0. The zero-order valence-electron chi connectivity index (χ0n) is 25.2. The van der Waals surface area contributed by atoms with E-state index in [0.29, 0.717) is 17.0 Å². The van der Waals surface area contributed by atoms with Gasteiger partial charge in [0.15, 0.2) is 0 Å². The van der Waals surface area contributed by atoms with E-state index in [1.54, 1.807) is 96.1 Å². The number of aromatic nitrogens is 2. The summed E-state index contributed by atoms with van der Waals surface area (Å²) in [7, 11) is 1.79. The van der Waals surface area contributed by atoms with Gasteiger partial charge in [0.05, 0.1) is 18.3 Å². The first kappa shape index (κ1) is 32.3. The molecule has 0 aliphatic carbocycles. The van der Waals surface area contributed by atoms with Crippen molar-refractivity contribution >= 4 is 35.9 Å². The van der Waals surface area contributed by atoms with Crippen LogP contribution in [0.25, 0.3) is 0 Å². The molecule has 13 heteroatoms. The minimum Gasteiger partial charge on any atom is -0.444 e. The number of carbonyl (C=O) groups is 4. The van der Waals surface area contributed by atoms with Crippen molar-refractivity contribution in [3.63, 3.8) is 0 Å². The van der Waals surface area contributed by atoms with E-state index in [2.05, 4.69) is 15.6 Å². The highest BCUT2D eigenvalue weighted by Crippen LogP contribution is 2.18. The molecule has 0 unspecified atom stereocenters. The van der Waals surface area contributed by atoms with Crippen LogP contribution in [0, 0.1) is 0 Å². The number of aliphatic imine (C=N–C) groups is 1. The lowest BCUT2D eigenvalue weighted by Crippen LogP contribution is -2.47. The molecule has 1 aromatic heterocycles. The first-order valence-electron chi connectivity index (χ1n) is 13.3. The van der Waals surface area contributed by atoms with Gasteiger partial charge < -0.3 is 18.9 Å². The molecular formula is C30H36N5O8+. The van der Waals surface area contributed by atoms with Crippen LogP contribution in [-0.2, 0) is 27.9 Å². The lowest BCUT2D eigenvalue weighted by atomic mass is 10.2. The molecule has 0 radical (unpaired) electrons. The highest BCUT2D eigenvalue weighted by atomic mass is 16.6. The molecule has 43 heavy (non-hydrogen) atoms. The molecule has 0 aliphatic rings. The molecule has 0 fully saturated rings. The monoisotopic (exact) mass is 594 g/mol. The average molecular weight is 595 g/mol. The number of guanidine groups is 1. The van der Waals surface area contributed by atoms with Gasteiger partial charge in [-0.3, -0.25) is 10.6 Å². The summed E-state index contributed by atoms with van der Waals surface area (Å²) < 4.78 is 24.2. The van der Waals surface area contributed by atoms with Crippen molar-refractivity contribution in [1.29, 1.82) is 0 Å². The van der Waals surface area contributed by atoms with Crippen LogP contribution < -0.4 is 19.9 Å². The van der Waals surface area contributed by atoms with Gasteiger partial charge in [0.1, 0.15) is 36.0 Å². The Hall–Kier alpha value is -5.20. The highest BCUT2D eigenvalue weighted by Gasteiger charge is 2.21. The summed E-state index contributed by atoms with van der Waals surface area (Å²) in [5, 5.41) is 4.79. The van der Waals surface area contributed by atoms with Crippen LogP contribution in [0.1, 0.15) is 57.5 Å². The number of esters is 1. The zero-order chi connectivity index (χ0) is 31.8. The Balaban J connectivity index is 1.62. The SMILES string of the molecule is C[n+]1ccn(C(=O)OCc2ccc(OC(=O)c3ccc(N=C(NC(=O)OC(C)(C)C)NC(=O)OC(C)(C)C)cc3)cc2)c1. The summed E-state index contributed by atoms with van der Waals surface area (Å²) in [4.78, 5) is 53.6. The van der Waals surface area contributed by atoms with Crippen molar-refractivity contribution in [2.75, 3.05) is 0 Å². The number of nitrogens with zero attached hydrogens (tertiary/aromatic N) is 3. The first-order chi connectivity index (χ1) is 20.1. The number of carbonyl (C=O) groups excluding carboxylic acids is 4. The van der Waals surface area contributed by atoms with Crippen molar-refractivity contribution in [2.45, 2.75) is 59.4 Å². The van der Waals surface area contributed by atoms with Crippen LogP contribution in [0.2, 0.25) is 0 Å². The number of hydrogen-bond donors (Lipinski definition) is 2. The van der Waals surface area contributed by atoms with Gasteiger partial charge in [0.2, 0.25) is 5.96 Å². The summed E-state index contributed by atoms with van der Waals surface area (Å²) in [6.45, 7) is 10.2. The number of amides is 2. The van der Waals surface area contributed by atoms with Gasteiger partial charge in [-0.1, -0.05) is 12.1 Å². The standard InChI is InChI=1S/C30H35N5O8/c1-29(2,3)42-26(37)32-25(33-27(38)43-30(4,5)6)31-22-12-10-21(11-13-22)24(36)41-23-14-8-20(9-15-23)18-40-28(39)35-17-16-34(7)19-35/h8-17,19H,18H2,1-7H3,(H-,31,32,33,36,37,38)/p+1. The Kier molecular flexibility index (Phi) is 10.3. The first-order valence-corrected chi connectivity index (χ1v) is 13.3. The molecule has 3 aromatic rings. The number of aryl methyl sites for hydroxylation is 1. The van der Waals surface area contributed by atoms with Gasteiger partial charge in [0, 0.05) is 0 Å². The predicted molar refractivity (Wildman–Crippen MR) is 155 cm³/mol. The second-order valence-corrected chi connectivity index (χ2v) is 11.3. The molecule has 0 saturated heterocycles. The number of ether oxygens (including phenoxy) is 4. The number of hydrogen-bond acceptors (Lipinski definition) is 9. The van der Waals surface area contributed by atoms with E-state index >= 15 is 0 Å².